The van der Waals surface area contributed by atoms with E-state index in [0.29, 0.717) is 48.9 Å². The third-order valence-corrected chi connectivity index (χ3v) is 14.7. The minimum Gasteiger partial charge on any atom is -0.370 e. The van der Waals surface area contributed by atoms with Gasteiger partial charge in [0.1, 0.15) is 11.6 Å². The predicted octanol–water partition coefficient (Wildman–Crippen LogP) is 10.4. The van der Waals surface area contributed by atoms with E-state index in [1.807, 2.05) is 24.9 Å². The number of halogens is 2. The van der Waals surface area contributed by atoms with Crippen molar-refractivity contribution in [3.8, 4) is 11.3 Å². The van der Waals surface area contributed by atoms with Gasteiger partial charge < -0.3 is 25.3 Å². The fourth-order valence-electron chi connectivity index (χ4n) is 11.1. The molecule has 5 aliphatic rings. The maximum absolute atomic E-state index is 15.8. The molecule has 9 rings (SSSR count). The van der Waals surface area contributed by atoms with Crippen molar-refractivity contribution in [3.05, 3.63) is 132 Å². The van der Waals surface area contributed by atoms with E-state index in [-0.39, 0.29) is 22.9 Å². The van der Waals surface area contributed by atoms with Gasteiger partial charge in [-0.25, -0.2) is 13.8 Å². The number of hydrogen-bond donors (Lipinski definition) is 2. The molecule has 2 aromatic heterocycles. The van der Waals surface area contributed by atoms with Crippen molar-refractivity contribution in [2.45, 2.75) is 91.6 Å². The van der Waals surface area contributed by atoms with E-state index in [4.69, 9.17) is 16.6 Å². The minimum atomic E-state index is -0.521. The first-order valence-electron chi connectivity index (χ1n) is 23.5. The number of rotatable bonds is 6. The number of anilines is 3. The topological polar surface area (TPSA) is 80.1 Å². The molecule has 5 aliphatic heterocycles. The first kappa shape index (κ1) is 44.5. The van der Waals surface area contributed by atoms with Crippen LogP contribution in [0.5, 0.6) is 0 Å². The van der Waals surface area contributed by atoms with Crippen molar-refractivity contribution >= 4 is 28.7 Å². The number of benzene rings is 2. The summed E-state index contributed by atoms with van der Waals surface area (Å²) < 4.78 is 33.5. The molecule has 2 aromatic carbocycles. The van der Waals surface area contributed by atoms with E-state index in [1.54, 1.807) is 0 Å². The zero-order chi connectivity index (χ0) is 45.9. The number of nitrogens with zero attached hydrogens (tertiary/aromatic N) is 8. The van der Waals surface area contributed by atoms with Crippen LogP contribution in [0.25, 0.3) is 17.0 Å². The summed E-state index contributed by atoms with van der Waals surface area (Å²) in [5.41, 5.74) is 12.3. The van der Waals surface area contributed by atoms with E-state index in [1.165, 1.54) is 23.4 Å². The number of piperidine rings is 1. The third kappa shape index (κ3) is 8.86. The van der Waals surface area contributed by atoms with Crippen molar-refractivity contribution in [1.29, 1.82) is 0 Å². The molecule has 2 bridgehead atoms. The molecule has 4 aromatic rings. The lowest BCUT2D eigenvalue weighted by molar-refractivity contribution is 0.0888. The fraction of sp³-hybridized carbons (Fsp3) is 0.453. The number of piperazine rings is 1. The molecule has 0 aliphatic carbocycles. The highest BCUT2D eigenvalue weighted by molar-refractivity contribution is 6.16. The van der Waals surface area contributed by atoms with Gasteiger partial charge in [0.15, 0.2) is 0 Å². The minimum absolute atomic E-state index is 0.0885. The second-order valence-electron chi connectivity index (χ2n) is 20.2. The Labute approximate surface area is 384 Å². The van der Waals surface area contributed by atoms with E-state index >= 15 is 8.78 Å². The van der Waals surface area contributed by atoms with E-state index in [9.17, 15) is 0 Å². The first-order chi connectivity index (χ1) is 31.0. The van der Waals surface area contributed by atoms with E-state index < -0.39 is 17.6 Å². The molecular formula is C53H66F2N10. The number of aryl methyl sites for hydroxylation is 2. The van der Waals surface area contributed by atoms with Crippen LogP contribution in [0.1, 0.15) is 93.8 Å². The van der Waals surface area contributed by atoms with Gasteiger partial charge >= 0.3 is 0 Å². The van der Waals surface area contributed by atoms with Crippen molar-refractivity contribution in [1.82, 2.24) is 29.9 Å². The summed E-state index contributed by atoms with van der Waals surface area (Å²) in [5, 5.41) is 11.4. The van der Waals surface area contributed by atoms with Gasteiger partial charge in [0.05, 0.1) is 29.0 Å². The summed E-state index contributed by atoms with van der Waals surface area (Å²) in [7, 11) is 2.02. The van der Waals surface area contributed by atoms with Crippen molar-refractivity contribution < 1.29 is 8.78 Å². The maximum atomic E-state index is 15.8. The Balaban J connectivity index is 0.874. The molecule has 0 saturated carbocycles. The molecule has 12 heteroatoms. The van der Waals surface area contributed by atoms with Gasteiger partial charge in [0, 0.05) is 122 Å². The van der Waals surface area contributed by atoms with Crippen LogP contribution in [0.15, 0.2) is 97.1 Å². The molecule has 0 spiro atoms. The van der Waals surface area contributed by atoms with E-state index in [0.717, 1.165) is 110 Å². The van der Waals surface area contributed by atoms with Crippen LogP contribution in [0.3, 0.4) is 0 Å². The number of guanidine groups is 1. The number of allylic oxidation sites excluding steroid dienone is 2. The Bertz CT molecular complexity index is 2560. The number of hydrogen-bond acceptors (Lipinski definition) is 9. The lowest BCUT2D eigenvalue weighted by Crippen LogP contribution is -2.52. The Morgan fingerprint density at radius 2 is 1.71 bits per heavy atom. The summed E-state index contributed by atoms with van der Waals surface area (Å²) >= 11 is 0. The zero-order valence-corrected chi connectivity index (χ0v) is 39.3. The number of pyridine rings is 1. The number of aromatic nitrogens is 3. The molecule has 3 fully saturated rings. The Morgan fingerprint density at radius 3 is 2.46 bits per heavy atom. The zero-order valence-electron chi connectivity index (χ0n) is 39.3. The summed E-state index contributed by atoms with van der Waals surface area (Å²) in [6.45, 7) is 34.0. The van der Waals surface area contributed by atoms with Crippen LogP contribution in [-0.4, -0.2) is 75.8 Å². The summed E-state index contributed by atoms with van der Waals surface area (Å²) in [4.78, 5) is 19.6. The molecule has 10 nitrogen and oxygen atoms in total. The van der Waals surface area contributed by atoms with Gasteiger partial charge in [-0.2, -0.15) is 5.10 Å². The van der Waals surface area contributed by atoms with Gasteiger partial charge in [-0.1, -0.05) is 59.6 Å². The largest absolute Gasteiger partial charge is 0.370 e. The molecule has 4 atom stereocenters. The summed E-state index contributed by atoms with van der Waals surface area (Å²) in [5.74, 6) is -0.0879. The average Bonchev–Trinajstić information content (AvgIpc) is 3.90. The molecule has 3 saturated heterocycles. The molecule has 2 N–H and O–H groups in total. The van der Waals surface area contributed by atoms with Gasteiger partial charge in [0.25, 0.3) is 0 Å². The van der Waals surface area contributed by atoms with Crippen molar-refractivity contribution in [2.24, 2.45) is 29.3 Å². The fourth-order valence-corrected chi connectivity index (χ4v) is 11.1. The Hall–Kier alpha value is -5.75. The highest BCUT2D eigenvalue weighted by atomic mass is 19.1. The summed E-state index contributed by atoms with van der Waals surface area (Å²) in [6, 6.07) is 14.2. The SMILES string of the molecule is C=C1CC[C@H](c2c(F)cc(N3CC(C(=C)N4CCN(Cc5ccc6c(c5)N5C[C@H](C)CCCCc7c(cnn7C)-c7cc(cc(C)n7)C(=C)/N=C/5N6)C[C@@H]4C)C(C)(C)C3)cc2F)C(=C)N1. The second kappa shape index (κ2) is 17.6. The smallest absolute Gasteiger partial charge is 0.208 e. The van der Waals surface area contributed by atoms with Gasteiger partial charge in [-0.05, 0) is 99.2 Å². The first-order valence-corrected chi connectivity index (χ1v) is 23.5. The molecule has 65 heavy (non-hydrogen) atoms. The normalized spacial score (nSPS) is 24.6. The molecule has 0 amide bonds. The third-order valence-electron chi connectivity index (χ3n) is 14.7. The highest BCUT2D eigenvalue weighted by Gasteiger charge is 2.44. The molecule has 0 radical (unpaired) electrons. The van der Waals surface area contributed by atoms with Crippen molar-refractivity contribution in [2.75, 3.05) is 54.4 Å². The lowest BCUT2D eigenvalue weighted by Gasteiger charge is -2.45. The monoisotopic (exact) mass is 881 g/mol. The molecule has 7 heterocycles. The summed E-state index contributed by atoms with van der Waals surface area (Å²) in [6.07, 6.45) is 7.45. The van der Waals surface area contributed by atoms with Crippen LogP contribution in [0, 0.1) is 35.8 Å². The number of aliphatic imine (C=N–C) groups is 1. The standard InChI is InChI=1S/C53H66F2N10/c1-32-13-11-12-14-49-43(26-56-61(49)10)48-23-40(21-34(3)58-48)36(5)59-52-60-47-18-16-39(22-50(47)65(52)27-32)29-62-19-20-64(35(4)28-62)38(7)44-30-63(31-53(44,8)9)41-24-45(54)51(46(55)25-41)42-17-15-33(2)57-37(42)6/h16,18,21-26,32,35,42,44,57H,2,5-7,11-15,17,19-20,27-31H2,1,3-4,8-10H3,(H,59,60)/t32-,35+,42+,44?/m1/s1. The van der Waals surface area contributed by atoms with Crippen LogP contribution in [0.2, 0.25) is 0 Å². The van der Waals surface area contributed by atoms with Crippen molar-refractivity contribution in [3.63, 3.8) is 0 Å². The van der Waals surface area contributed by atoms with Gasteiger partial charge in [0.2, 0.25) is 5.96 Å². The highest BCUT2D eigenvalue weighted by Crippen LogP contribution is 2.45. The number of nitrogens with one attached hydrogen (secondary N) is 2. The quantitative estimate of drug-likeness (QED) is 0.198. The van der Waals surface area contributed by atoms with Crippen LogP contribution < -0.4 is 20.4 Å². The Kier molecular flexibility index (Phi) is 12.0. The molecule has 342 valence electrons. The van der Waals surface area contributed by atoms with E-state index in [2.05, 4.69) is 113 Å². The predicted molar refractivity (Wildman–Crippen MR) is 262 cm³/mol. The van der Waals surface area contributed by atoms with Crippen LogP contribution in [0.4, 0.5) is 25.8 Å². The average molecular weight is 881 g/mol. The molecular weight excluding hydrogens is 815 g/mol. The molecule has 1 unspecified atom stereocenters. The Morgan fingerprint density at radius 1 is 0.923 bits per heavy atom. The van der Waals surface area contributed by atoms with Crippen LogP contribution >= 0.6 is 0 Å². The van der Waals surface area contributed by atoms with Gasteiger partial charge in [-0.15, -0.1) is 0 Å². The van der Waals surface area contributed by atoms with Gasteiger partial charge in [-0.3, -0.25) is 14.6 Å². The second-order valence-corrected chi connectivity index (χ2v) is 20.2. The lowest BCUT2D eigenvalue weighted by atomic mass is 9.79. The maximum Gasteiger partial charge on any atom is 0.208 e. The number of fused-ring (bicyclic) bond motifs is 7. The van der Waals surface area contributed by atoms with Crippen LogP contribution in [-0.2, 0) is 20.0 Å².